The van der Waals surface area contributed by atoms with Crippen molar-refractivity contribution in [3.05, 3.63) is 84.1 Å². The van der Waals surface area contributed by atoms with Crippen LogP contribution in [0.4, 0.5) is 17.1 Å². The van der Waals surface area contributed by atoms with Crippen LogP contribution in [0.5, 0.6) is 5.75 Å². The van der Waals surface area contributed by atoms with Gasteiger partial charge in [-0.1, -0.05) is 31.2 Å². The summed E-state index contributed by atoms with van der Waals surface area (Å²) in [5.74, 6) is -0.856. The Hall–Kier alpha value is -5.15. The molecule has 1 aromatic heterocycles. The molecule has 0 atom stereocenters. The van der Waals surface area contributed by atoms with Crippen LogP contribution >= 0.6 is 0 Å². The average molecular weight is 1040 g/mol. The number of aldehydes is 1. The Morgan fingerprint density at radius 1 is 0.706 bits per heavy atom. The number of hydrogen-bond acceptors (Lipinski definition) is 14. The monoisotopic (exact) mass is 1040 g/mol. The van der Waals surface area contributed by atoms with Crippen LogP contribution in [0, 0.1) is 0 Å². The minimum absolute atomic E-state index is 0.0188. The fraction of sp³-hybridized carbons (Fsp3) is 0.395. The first-order valence-electron chi connectivity index (χ1n) is 21.3. The molecule has 4 aromatic carbocycles. The fourth-order valence-corrected chi connectivity index (χ4v) is 11.4. The van der Waals surface area contributed by atoms with Gasteiger partial charge in [0.1, 0.15) is 6.29 Å². The van der Waals surface area contributed by atoms with Crippen LogP contribution in [0.2, 0.25) is 0 Å². The smallest absolute Gasteiger partial charge is 0.374 e. The number of benzene rings is 4. The van der Waals surface area contributed by atoms with E-state index in [1.54, 1.807) is 71.3 Å². The van der Waals surface area contributed by atoms with Crippen molar-refractivity contribution in [2.45, 2.75) is 58.4 Å². The lowest BCUT2D eigenvalue weighted by atomic mass is 10.1. The van der Waals surface area contributed by atoms with E-state index in [0.717, 1.165) is 27.4 Å². The molecule has 0 fully saturated rings. The molecule has 0 unspecified atom stereocenters. The summed E-state index contributed by atoms with van der Waals surface area (Å²) in [7, 11) is -21.0. The van der Waals surface area contributed by atoms with Crippen molar-refractivity contribution in [3.63, 3.8) is 0 Å². The molecule has 1 aliphatic rings. The van der Waals surface area contributed by atoms with Crippen molar-refractivity contribution in [1.82, 2.24) is 0 Å². The average Bonchev–Trinajstić information content (AvgIpc) is 3.73. The van der Waals surface area contributed by atoms with Crippen molar-refractivity contribution in [1.29, 1.82) is 0 Å². The third-order valence-electron chi connectivity index (χ3n) is 11.0. The number of unbranched alkanes of at least 4 members (excludes halogenated alkanes) is 2. The number of carbonyl (C=O) groups excluding carboxylic acids is 1. The number of aryl methyl sites for hydroxylation is 1. The van der Waals surface area contributed by atoms with Crippen molar-refractivity contribution in [3.8, 4) is 5.75 Å². The maximum Gasteiger partial charge on any atom is 0.374 e. The zero-order chi connectivity index (χ0) is 49.8. The van der Waals surface area contributed by atoms with E-state index < -0.39 is 67.7 Å². The quantitative estimate of drug-likeness (QED) is 0.0306. The highest BCUT2D eigenvalue weighted by molar-refractivity contribution is 7.92. The Balaban J connectivity index is 1.46. The van der Waals surface area contributed by atoms with Crippen molar-refractivity contribution in [2.24, 2.45) is 0 Å². The van der Waals surface area contributed by atoms with E-state index in [2.05, 4.69) is 0 Å². The number of sulfonamides is 2. The van der Waals surface area contributed by atoms with E-state index in [-0.39, 0.29) is 61.7 Å². The summed E-state index contributed by atoms with van der Waals surface area (Å²) in [6, 6.07) is 16.8. The van der Waals surface area contributed by atoms with Gasteiger partial charge in [0.2, 0.25) is 31.5 Å². The van der Waals surface area contributed by atoms with Crippen molar-refractivity contribution < 1.29 is 74.3 Å². The predicted octanol–water partition coefficient (Wildman–Crippen LogP) is 5.30. The molecule has 5 aromatic rings. The zero-order valence-corrected chi connectivity index (χ0v) is 41.5. The van der Waals surface area contributed by atoms with Crippen molar-refractivity contribution >= 4 is 112 Å². The normalized spacial score (nSPS) is 14.5. The Morgan fingerprint density at radius 2 is 1.25 bits per heavy atom. The second-order valence-electron chi connectivity index (χ2n) is 16.3. The molecule has 68 heavy (non-hydrogen) atoms. The molecule has 0 saturated heterocycles. The van der Waals surface area contributed by atoms with E-state index in [9.17, 15) is 60.5 Å². The van der Waals surface area contributed by atoms with Crippen LogP contribution in [0.25, 0.3) is 38.7 Å². The van der Waals surface area contributed by atoms with E-state index >= 15 is 0 Å². The summed E-state index contributed by atoms with van der Waals surface area (Å²) < 4.78 is 167. The molecule has 6 rings (SSSR count). The highest BCUT2D eigenvalue weighted by Gasteiger charge is 2.30. The van der Waals surface area contributed by atoms with Gasteiger partial charge in [-0.3, -0.25) is 22.3 Å². The molecule has 0 saturated carbocycles. The minimum atomic E-state index is -4.37. The van der Waals surface area contributed by atoms with Crippen molar-refractivity contribution in [2.75, 3.05) is 62.9 Å². The van der Waals surface area contributed by atoms with Gasteiger partial charge in [0.25, 0.3) is 35.9 Å². The molecule has 3 N–H and O–H groups in total. The lowest BCUT2D eigenvalue weighted by Gasteiger charge is -2.24. The number of allylic oxidation sites excluding steroid dienone is 2. The molecule has 25 heteroatoms. The second kappa shape index (κ2) is 20.8. The molecule has 0 bridgehead atoms. The third-order valence-corrected chi connectivity index (χ3v) is 15.8. The van der Waals surface area contributed by atoms with Crippen LogP contribution < -0.4 is 22.8 Å². The third kappa shape index (κ3) is 13.3. The number of aromatic nitrogens is 1. The Labute approximate surface area is 395 Å². The topological polar surface area (TPSA) is 284 Å². The summed E-state index contributed by atoms with van der Waals surface area (Å²) in [5, 5.41) is 2.12. The molecule has 1 aliphatic heterocycles. The fourth-order valence-electron chi connectivity index (χ4n) is 8.00. The van der Waals surface area contributed by atoms with Crippen LogP contribution in [0.1, 0.15) is 57.8 Å². The van der Waals surface area contributed by atoms with Crippen LogP contribution in [0.3, 0.4) is 0 Å². The number of ether oxygens (including phenoxy) is 1. The summed E-state index contributed by atoms with van der Waals surface area (Å²) >= 11 is 0. The summed E-state index contributed by atoms with van der Waals surface area (Å²) in [6.07, 6.45) is 7.82. The second-order valence-corrected chi connectivity index (χ2v) is 24.8. The van der Waals surface area contributed by atoms with E-state index in [1.165, 1.54) is 0 Å². The predicted molar refractivity (Wildman–Crippen MR) is 260 cm³/mol. The first kappa shape index (κ1) is 52.2. The number of fused-ring (bicyclic) bond motifs is 4. The zero-order valence-electron chi connectivity index (χ0n) is 37.4. The Bertz CT molecular complexity index is 3370. The minimum Gasteiger partial charge on any atom is -0.439 e. The van der Waals surface area contributed by atoms with E-state index in [4.69, 9.17) is 9.15 Å². The number of oxazole rings is 1. The van der Waals surface area contributed by atoms with Crippen LogP contribution in [0.15, 0.2) is 82.6 Å². The van der Waals surface area contributed by atoms with Gasteiger partial charge in [-0.15, -0.1) is 0 Å². The highest BCUT2D eigenvalue weighted by Crippen LogP contribution is 2.45. The van der Waals surface area contributed by atoms with Crippen LogP contribution in [-0.4, -0.2) is 111 Å². The molecule has 20 nitrogen and oxygen atoms in total. The van der Waals surface area contributed by atoms with Gasteiger partial charge in [-0.05, 0) is 78.8 Å². The summed E-state index contributed by atoms with van der Waals surface area (Å²) in [5.41, 5.74) is 2.57. The Kier molecular flexibility index (Phi) is 16.0. The molecule has 370 valence electrons. The molecule has 0 spiro atoms. The first-order valence-corrected chi connectivity index (χ1v) is 29.9. The van der Waals surface area contributed by atoms with Gasteiger partial charge in [0.15, 0.2) is 12.3 Å². The maximum atomic E-state index is 13.1. The first-order chi connectivity index (χ1) is 31.8. The molecular formula is C43H53N4O16S5+. The largest absolute Gasteiger partial charge is 0.439 e. The van der Waals surface area contributed by atoms with Gasteiger partial charge in [0, 0.05) is 55.4 Å². The number of carbonyl (C=O) groups is 1. The molecule has 0 amide bonds. The lowest BCUT2D eigenvalue weighted by molar-refractivity contribution is -0.677. The number of nitrogens with zero attached hydrogens (tertiary/aromatic N) is 4. The number of hydrogen-bond donors (Lipinski definition) is 3. The maximum absolute atomic E-state index is 13.1. The standard InChI is InChI=1S/C43H52N4O16S5/c1-4-31(25-42-44(17-6-5-7-21-48)38-27-32-13-8-15-36(34(32)29-40(38)62-42)46(64(2,49)50)19-11-23-67(56,57)58)26-43-45(18-10-22-66(53,54)55)39-28-33-14-9-16-37(35(33)30-41(39)63-43)47(65(3,51)52)20-12-24-68(59,60)61/h8-9,13-16,21,25-30H,4-7,10-12,17-20,22-24H2,1-3H3,(H2-,53,54,55,56,57,58,59,60,61)/p+1. The van der Waals surface area contributed by atoms with Gasteiger partial charge >= 0.3 is 5.89 Å². The van der Waals surface area contributed by atoms with E-state index in [0.29, 0.717) is 82.2 Å². The molecule has 0 aliphatic carbocycles. The van der Waals surface area contributed by atoms with Gasteiger partial charge < -0.3 is 18.8 Å². The van der Waals surface area contributed by atoms with Crippen LogP contribution in [-0.2, 0) is 61.7 Å². The summed E-state index contributed by atoms with van der Waals surface area (Å²) in [4.78, 5) is 13.1. The number of anilines is 3. The SMILES string of the molecule is CCC(=Cc1oc2cc3c(N(CCCS(=O)(=O)O)S(C)(=O)=O)cccc3cc2[n+]1CCCS(=O)(=O)O)C=C1Oc2cc3c(N(CCCS(=O)(=O)O)S(C)(=O)=O)cccc3cc2N1CCCCC=O. The van der Waals surface area contributed by atoms with E-state index in [1.807, 2.05) is 17.9 Å². The molecule has 2 heterocycles. The van der Waals surface area contributed by atoms with Gasteiger partial charge in [-0.2, -0.15) is 29.8 Å². The highest BCUT2D eigenvalue weighted by atomic mass is 32.2. The Morgan fingerprint density at radius 3 is 1.78 bits per heavy atom. The van der Waals surface area contributed by atoms with Gasteiger partial charge in [-0.25, -0.2) is 16.8 Å². The molecule has 0 radical (unpaired) electrons. The molecular weight excluding hydrogens is 989 g/mol. The number of rotatable bonds is 24. The lowest BCUT2D eigenvalue weighted by Crippen LogP contribution is -2.36. The summed E-state index contributed by atoms with van der Waals surface area (Å²) in [6.45, 7) is 1.86. The van der Waals surface area contributed by atoms with Gasteiger partial charge in [0.05, 0.1) is 52.9 Å².